The fourth-order valence-corrected chi connectivity index (χ4v) is 3.36. The van der Waals surface area contributed by atoms with Gasteiger partial charge in [-0.05, 0) is 25.8 Å². The van der Waals surface area contributed by atoms with E-state index in [0.29, 0.717) is 18.4 Å². The molecule has 1 amide bonds. The average Bonchev–Trinajstić information content (AvgIpc) is 2.82. The lowest BCUT2D eigenvalue weighted by molar-refractivity contribution is -0.137. The molecule has 4 heteroatoms. The van der Waals surface area contributed by atoms with Crippen molar-refractivity contribution in [2.45, 2.75) is 51.1 Å². The lowest BCUT2D eigenvalue weighted by Gasteiger charge is -2.31. The molecular weight excluding hydrogens is 226 g/mol. The van der Waals surface area contributed by atoms with Crippen molar-refractivity contribution in [3.05, 3.63) is 0 Å². The number of amides is 1. The summed E-state index contributed by atoms with van der Waals surface area (Å²) in [7, 11) is 1.97. The van der Waals surface area contributed by atoms with Crippen LogP contribution in [0.15, 0.2) is 0 Å². The van der Waals surface area contributed by atoms with Crippen molar-refractivity contribution >= 4 is 5.91 Å². The van der Waals surface area contributed by atoms with Gasteiger partial charge in [-0.15, -0.1) is 0 Å². The first-order valence-electron chi connectivity index (χ1n) is 7.01. The fraction of sp³-hybridized carbons (Fsp3) is 0.857. The second-order valence-electron chi connectivity index (χ2n) is 5.85. The zero-order chi connectivity index (χ0) is 13.1. The van der Waals surface area contributed by atoms with Crippen molar-refractivity contribution in [2.75, 3.05) is 20.1 Å². The van der Waals surface area contributed by atoms with Crippen molar-refractivity contribution in [2.24, 2.45) is 5.92 Å². The second kappa shape index (κ2) is 5.71. The zero-order valence-electron chi connectivity index (χ0n) is 11.4. The van der Waals surface area contributed by atoms with Crippen LogP contribution in [-0.2, 0) is 4.79 Å². The van der Waals surface area contributed by atoms with Gasteiger partial charge in [-0.25, -0.2) is 0 Å². The molecule has 0 radical (unpaired) electrons. The van der Waals surface area contributed by atoms with Crippen LogP contribution in [0, 0.1) is 17.2 Å². The molecule has 1 aliphatic heterocycles. The van der Waals surface area contributed by atoms with E-state index in [1.54, 1.807) is 0 Å². The first-order chi connectivity index (χ1) is 8.63. The van der Waals surface area contributed by atoms with Crippen LogP contribution in [0.2, 0.25) is 0 Å². The first kappa shape index (κ1) is 13.4. The lowest BCUT2D eigenvalue weighted by atomic mass is 10.1. The van der Waals surface area contributed by atoms with Crippen LogP contribution in [0.4, 0.5) is 0 Å². The second-order valence-corrected chi connectivity index (χ2v) is 5.85. The van der Waals surface area contributed by atoms with Crippen molar-refractivity contribution in [1.29, 1.82) is 5.26 Å². The molecule has 100 valence electrons. The summed E-state index contributed by atoms with van der Waals surface area (Å²) in [6, 6.07) is 2.35. The normalized spacial score (nSPS) is 31.4. The molecule has 2 rings (SSSR count). The minimum absolute atomic E-state index is 0.176. The molecular formula is C14H23N3O. The topological polar surface area (TPSA) is 47.3 Å². The maximum absolute atomic E-state index is 12.6. The molecule has 2 aliphatic rings. The van der Waals surface area contributed by atoms with E-state index >= 15 is 0 Å². The van der Waals surface area contributed by atoms with Gasteiger partial charge in [0.25, 0.3) is 0 Å². The third-order valence-corrected chi connectivity index (χ3v) is 4.26. The van der Waals surface area contributed by atoms with Gasteiger partial charge in [0.2, 0.25) is 5.91 Å². The van der Waals surface area contributed by atoms with E-state index in [9.17, 15) is 4.79 Å². The number of hydrogen-bond donors (Lipinski definition) is 0. The van der Waals surface area contributed by atoms with E-state index in [1.165, 1.54) is 12.8 Å². The van der Waals surface area contributed by atoms with E-state index in [0.717, 1.165) is 25.9 Å². The summed E-state index contributed by atoms with van der Waals surface area (Å²) >= 11 is 0. The van der Waals surface area contributed by atoms with Gasteiger partial charge in [0.15, 0.2) is 0 Å². The molecule has 0 aromatic heterocycles. The average molecular weight is 249 g/mol. The maximum atomic E-state index is 12.6. The molecule has 0 bridgehead atoms. The Morgan fingerprint density at radius 1 is 1.33 bits per heavy atom. The molecule has 1 saturated heterocycles. The molecule has 2 atom stereocenters. The Balaban J connectivity index is 2.17. The zero-order valence-corrected chi connectivity index (χ0v) is 11.4. The van der Waals surface area contributed by atoms with Crippen LogP contribution in [0.5, 0.6) is 0 Å². The minimum Gasteiger partial charge on any atom is -0.338 e. The standard InChI is InChI=1S/C14H23N3O/c1-11-9-16(2)13(7-8-15)14(18)17(10-11)12-5-3-4-6-12/h11-13H,3-7,9-10H2,1-2H3. The number of hydrogen-bond acceptors (Lipinski definition) is 3. The third-order valence-electron chi connectivity index (χ3n) is 4.26. The van der Waals surface area contributed by atoms with Gasteiger partial charge >= 0.3 is 0 Å². The maximum Gasteiger partial charge on any atom is 0.241 e. The fourth-order valence-electron chi connectivity index (χ4n) is 3.36. The van der Waals surface area contributed by atoms with Gasteiger partial charge in [0.05, 0.1) is 12.5 Å². The highest BCUT2D eigenvalue weighted by molar-refractivity contribution is 5.82. The molecule has 2 unspecified atom stereocenters. The van der Waals surface area contributed by atoms with E-state index < -0.39 is 0 Å². The van der Waals surface area contributed by atoms with E-state index in [1.807, 2.05) is 7.05 Å². The molecule has 18 heavy (non-hydrogen) atoms. The Labute approximate surface area is 110 Å². The van der Waals surface area contributed by atoms with Crippen LogP contribution < -0.4 is 0 Å². The van der Waals surface area contributed by atoms with Crippen molar-refractivity contribution in [3.63, 3.8) is 0 Å². The Bertz CT molecular complexity index is 343. The Kier molecular flexibility index (Phi) is 4.23. The monoisotopic (exact) mass is 249 g/mol. The third kappa shape index (κ3) is 2.67. The van der Waals surface area contributed by atoms with Crippen LogP contribution in [0.1, 0.15) is 39.0 Å². The predicted octanol–water partition coefficient (Wildman–Crippen LogP) is 1.62. The molecule has 1 heterocycles. The molecule has 0 aromatic rings. The van der Waals surface area contributed by atoms with Crippen molar-refractivity contribution < 1.29 is 4.79 Å². The summed E-state index contributed by atoms with van der Waals surface area (Å²) in [5.41, 5.74) is 0. The van der Waals surface area contributed by atoms with E-state index in [-0.39, 0.29) is 11.9 Å². The van der Waals surface area contributed by atoms with Gasteiger partial charge in [0.1, 0.15) is 6.04 Å². The predicted molar refractivity (Wildman–Crippen MR) is 69.8 cm³/mol. The quantitative estimate of drug-likeness (QED) is 0.747. The number of nitriles is 1. The number of rotatable bonds is 2. The SMILES string of the molecule is CC1CN(C)C(CC#N)C(=O)N(C2CCCC2)C1. The Morgan fingerprint density at radius 2 is 2.00 bits per heavy atom. The summed E-state index contributed by atoms with van der Waals surface area (Å²) in [5.74, 6) is 0.665. The summed E-state index contributed by atoms with van der Waals surface area (Å²) < 4.78 is 0. The van der Waals surface area contributed by atoms with Crippen molar-refractivity contribution in [1.82, 2.24) is 9.80 Å². The molecule has 1 saturated carbocycles. The molecule has 0 N–H and O–H groups in total. The van der Waals surface area contributed by atoms with Crippen LogP contribution in [0.25, 0.3) is 0 Å². The van der Waals surface area contributed by atoms with Gasteiger partial charge in [-0.2, -0.15) is 5.26 Å². The van der Waals surface area contributed by atoms with Gasteiger partial charge in [-0.3, -0.25) is 9.69 Å². The lowest BCUT2D eigenvalue weighted by Crippen LogP contribution is -2.47. The summed E-state index contributed by atoms with van der Waals surface area (Å²) in [4.78, 5) is 16.7. The van der Waals surface area contributed by atoms with Gasteiger partial charge < -0.3 is 4.90 Å². The van der Waals surface area contributed by atoms with E-state index in [4.69, 9.17) is 5.26 Å². The van der Waals surface area contributed by atoms with Gasteiger partial charge in [0, 0.05) is 19.1 Å². The molecule has 0 spiro atoms. The molecule has 4 nitrogen and oxygen atoms in total. The van der Waals surface area contributed by atoms with Crippen LogP contribution in [-0.4, -0.2) is 47.9 Å². The number of carbonyl (C=O) groups is 1. The summed E-state index contributed by atoms with van der Waals surface area (Å²) in [5, 5.41) is 8.92. The van der Waals surface area contributed by atoms with Crippen molar-refractivity contribution in [3.8, 4) is 6.07 Å². The highest BCUT2D eigenvalue weighted by Crippen LogP contribution is 2.27. The smallest absolute Gasteiger partial charge is 0.241 e. The van der Waals surface area contributed by atoms with Gasteiger partial charge in [-0.1, -0.05) is 19.8 Å². The Hall–Kier alpha value is -1.08. The minimum atomic E-state index is -0.236. The summed E-state index contributed by atoms with van der Waals surface area (Å²) in [6.07, 6.45) is 5.07. The summed E-state index contributed by atoms with van der Waals surface area (Å²) in [6.45, 7) is 3.96. The number of nitrogens with zero attached hydrogens (tertiary/aromatic N) is 3. The Morgan fingerprint density at radius 3 is 2.61 bits per heavy atom. The number of carbonyl (C=O) groups excluding carboxylic acids is 1. The highest BCUT2D eigenvalue weighted by atomic mass is 16.2. The van der Waals surface area contributed by atoms with E-state index in [2.05, 4.69) is 22.8 Å². The largest absolute Gasteiger partial charge is 0.338 e. The van der Waals surface area contributed by atoms with Crippen LogP contribution in [0.3, 0.4) is 0 Å². The first-order valence-corrected chi connectivity index (χ1v) is 7.01. The number of likely N-dealkylation sites (N-methyl/N-ethyl adjacent to an activating group) is 1. The van der Waals surface area contributed by atoms with Crippen LogP contribution >= 0.6 is 0 Å². The highest BCUT2D eigenvalue weighted by Gasteiger charge is 2.37. The molecule has 2 fully saturated rings. The molecule has 1 aliphatic carbocycles. The molecule has 0 aromatic carbocycles.